The van der Waals surface area contributed by atoms with E-state index in [1.807, 2.05) is 24.3 Å². The average molecular weight is 374 g/mol. The Morgan fingerprint density at radius 1 is 1.09 bits per heavy atom. The summed E-state index contributed by atoms with van der Waals surface area (Å²) in [7, 11) is 3.60. The molecule has 0 saturated carbocycles. The summed E-state index contributed by atoms with van der Waals surface area (Å²) in [4.78, 5) is 12.4. The first-order chi connectivity index (χ1) is 11.0. The van der Waals surface area contributed by atoms with Crippen molar-refractivity contribution in [2.45, 2.75) is 12.2 Å². The number of rotatable bonds is 5. The zero-order valence-corrected chi connectivity index (χ0v) is 14.4. The standard InChI is InChI=1S/C17H16BrN3O2/c1-21(2)20-19-14-9-5-11(6-10-14)15(22)17-16(23-17)12-3-7-13(18)8-4-12/h3-10,16-17H,1-2H3. The third-order valence-electron chi connectivity index (χ3n) is 3.44. The molecule has 1 aliphatic rings. The third-order valence-corrected chi connectivity index (χ3v) is 3.97. The summed E-state index contributed by atoms with van der Waals surface area (Å²) in [6.07, 6.45) is -0.547. The maximum atomic E-state index is 12.4. The zero-order valence-electron chi connectivity index (χ0n) is 12.8. The van der Waals surface area contributed by atoms with E-state index in [1.54, 1.807) is 43.4 Å². The summed E-state index contributed by atoms with van der Waals surface area (Å²) < 4.78 is 6.56. The average Bonchev–Trinajstić information content (AvgIpc) is 3.34. The van der Waals surface area contributed by atoms with Crippen LogP contribution in [0.2, 0.25) is 0 Å². The molecule has 0 bridgehead atoms. The number of carbonyl (C=O) groups excluding carboxylic acids is 1. The van der Waals surface area contributed by atoms with Crippen molar-refractivity contribution in [3.8, 4) is 0 Å². The Labute approximate surface area is 143 Å². The maximum absolute atomic E-state index is 12.4. The van der Waals surface area contributed by atoms with Crippen molar-refractivity contribution in [1.82, 2.24) is 5.01 Å². The Balaban J connectivity index is 1.66. The Hall–Kier alpha value is -2.05. The molecule has 0 radical (unpaired) electrons. The first kappa shape index (κ1) is 15.8. The second kappa shape index (κ2) is 6.60. The summed E-state index contributed by atoms with van der Waals surface area (Å²) in [5, 5.41) is 9.57. The van der Waals surface area contributed by atoms with Gasteiger partial charge < -0.3 is 4.74 Å². The van der Waals surface area contributed by atoms with E-state index in [2.05, 4.69) is 26.3 Å². The predicted octanol–water partition coefficient (Wildman–Crippen LogP) is 4.33. The Morgan fingerprint density at radius 2 is 1.74 bits per heavy atom. The molecule has 0 aromatic heterocycles. The fourth-order valence-corrected chi connectivity index (χ4v) is 2.48. The number of nitrogens with zero attached hydrogens (tertiary/aromatic N) is 3. The Bertz CT molecular complexity index is 727. The minimum absolute atomic E-state index is 0.00554. The van der Waals surface area contributed by atoms with Gasteiger partial charge in [0.25, 0.3) is 0 Å². The smallest absolute Gasteiger partial charge is 0.194 e. The highest BCUT2D eigenvalue weighted by Gasteiger charge is 2.46. The molecule has 0 N–H and O–H groups in total. The number of epoxide rings is 1. The lowest BCUT2D eigenvalue weighted by atomic mass is 10.0. The van der Waals surface area contributed by atoms with E-state index in [-0.39, 0.29) is 11.9 Å². The van der Waals surface area contributed by atoms with Crippen LogP contribution in [0, 0.1) is 0 Å². The lowest BCUT2D eigenvalue weighted by molar-refractivity contribution is 0.0953. The first-order valence-corrected chi connectivity index (χ1v) is 7.98. The molecule has 2 unspecified atom stereocenters. The molecule has 23 heavy (non-hydrogen) atoms. The van der Waals surface area contributed by atoms with Crippen LogP contribution in [0.1, 0.15) is 22.0 Å². The fraction of sp³-hybridized carbons (Fsp3) is 0.235. The van der Waals surface area contributed by atoms with Gasteiger partial charge in [-0.25, -0.2) is 0 Å². The van der Waals surface area contributed by atoms with E-state index in [1.165, 1.54) is 0 Å². The lowest BCUT2D eigenvalue weighted by Crippen LogP contribution is -2.07. The molecule has 0 spiro atoms. The third kappa shape index (κ3) is 3.83. The maximum Gasteiger partial charge on any atom is 0.194 e. The van der Waals surface area contributed by atoms with Gasteiger partial charge in [-0.3, -0.25) is 9.80 Å². The topological polar surface area (TPSA) is 57.6 Å². The van der Waals surface area contributed by atoms with E-state index in [4.69, 9.17) is 4.74 Å². The monoisotopic (exact) mass is 373 g/mol. The van der Waals surface area contributed by atoms with E-state index >= 15 is 0 Å². The van der Waals surface area contributed by atoms with Gasteiger partial charge in [0.1, 0.15) is 6.10 Å². The lowest BCUT2D eigenvalue weighted by Gasteiger charge is -2.01. The number of halogens is 1. The normalized spacial score (nSPS) is 19.8. The largest absolute Gasteiger partial charge is 0.356 e. The fourth-order valence-electron chi connectivity index (χ4n) is 2.22. The molecule has 6 heteroatoms. The van der Waals surface area contributed by atoms with Crippen LogP contribution in [-0.4, -0.2) is 31.0 Å². The van der Waals surface area contributed by atoms with Crippen LogP contribution >= 0.6 is 15.9 Å². The molecule has 1 saturated heterocycles. The van der Waals surface area contributed by atoms with Gasteiger partial charge in [-0.1, -0.05) is 33.3 Å². The molecule has 3 rings (SSSR count). The molecule has 1 aliphatic heterocycles. The van der Waals surface area contributed by atoms with Crippen molar-refractivity contribution in [3.63, 3.8) is 0 Å². The van der Waals surface area contributed by atoms with Crippen LogP contribution in [0.5, 0.6) is 0 Å². The van der Waals surface area contributed by atoms with Crippen LogP contribution in [0.3, 0.4) is 0 Å². The number of Topliss-reactive ketones (excluding diaryl/α,β-unsaturated/α-hetero) is 1. The van der Waals surface area contributed by atoms with Crippen molar-refractivity contribution in [2.75, 3.05) is 14.1 Å². The van der Waals surface area contributed by atoms with Crippen molar-refractivity contribution < 1.29 is 9.53 Å². The summed E-state index contributed by atoms with van der Waals surface area (Å²) in [6.45, 7) is 0. The molecule has 1 fully saturated rings. The van der Waals surface area contributed by atoms with Gasteiger partial charge in [0, 0.05) is 24.1 Å². The highest BCUT2D eigenvalue weighted by Crippen LogP contribution is 2.41. The highest BCUT2D eigenvalue weighted by molar-refractivity contribution is 9.10. The second-order valence-electron chi connectivity index (χ2n) is 5.48. The highest BCUT2D eigenvalue weighted by atomic mass is 79.9. The molecule has 2 aromatic rings. The Kier molecular flexibility index (Phi) is 4.54. The van der Waals surface area contributed by atoms with Crippen LogP contribution in [-0.2, 0) is 4.74 Å². The number of hydrogen-bond donors (Lipinski definition) is 0. The van der Waals surface area contributed by atoms with Gasteiger partial charge in [-0.2, -0.15) is 0 Å². The minimum atomic E-state index is -0.398. The van der Waals surface area contributed by atoms with Crippen LogP contribution < -0.4 is 0 Å². The summed E-state index contributed by atoms with van der Waals surface area (Å²) in [5.41, 5.74) is 2.35. The summed E-state index contributed by atoms with van der Waals surface area (Å²) >= 11 is 3.40. The van der Waals surface area contributed by atoms with Crippen LogP contribution in [0.25, 0.3) is 0 Å². The predicted molar refractivity (Wildman–Crippen MR) is 90.7 cm³/mol. The molecule has 2 atom stereocenters. The van der Waals surface area contributed by atoms with Gasteiger partial charge >= 0.3 is 0 Å². The van der Waals surface area contributed by atoms with Crippen LogP contribution in [0.15, 0.2) is 63.3 Å². The van der Waals surface area contributed by atoms with Gasteiger partial charge in [-0.05, 0) is 42.0 Å². The molecule has 0 aliphatic carbocycles. The molecule has 5 nitrogen and oxygen atoms in total. The SMILES string of the molecule is CN(C)N=Nc1ccc(C(=O)C2OC2c2ccc(Br)cc2)cc1. The van der Waals surface area contributed by atoms with E-state index in [0.29, 0.717) is 11.3 Å². The van der Waals surface area contributed by atoms with Gasteiger partial charge in [-0.15, -0.1) is 5.11 Å². The molecular weight excluding hydrogens is 358 g/mol. The zero-order chi connectivity index (χ0) is 16.4. The van der Waals surface area contributed by atoms with Crippen molar-refractivity contribution in [3.05, 3.63) is 64.1 Å². The van der Waals surface area contributed by atoms with Crippen LogP contribution in [0.4, 0.5) is 5.69 Å². The number of carbonyl (C=O) groups is 1. The molecule has 0 amide bonds. The van der Waals surface area contributed by atoms with Crippen molar-refractivity contribution in [1.29, 1.82) is 0 Å². The van der Waals surface area contributed by atoms with Crippen molar-refractivity contribution >= 4 is 27.4 Å². The minimum Gasteiger partial charge on any atom is -0.356 e. The van der Waals surface area contributed by atoms with E-state index in [0.717, 1.165) is 10.0 Å². The van der Waals surface area contributed by atoms with Gasteiger partial charge in [0.2, 0.25) is 0 Å². The van der Waals surface area contributed by atoms with E-state index in [9.17, 15) is 4.79 Å². The summed E-state index contributed by atoms with van der Waals surface area (Å²) in [6, 6.07) is 14.9. The number of hydrogen-bond acceptors (Lipinski definition) is 4. The second-order valence-corrected chi connectivity index (χ2v) is 6.39. The molecular formula is C17H16BrN3O2. The van der Waals surface area contributed by atoms with Gasteiger partial charge in [0.15, 0.2) is 11.9 Å². The molecule has 1 heterocycles. The first-order valence-electron chi connectivity index (χ1n) is 7.19. The number of benzene rings is 2. The van der Waals surface area contributed by atoms with Gasteiger partial charge in [0.05, 0.1) is 5.69 Å². The Morgan fingerprint density at radius 3 is 2.35 bits per heavy atom. The van der Waals surface area contributed by atoms with Crippen molar-refractivity contribution in [2.24, 2.45) is 10.3 Å². The summed E-state index contributed by atoms with van der Waals surface area (Å²) in [5.74, 6) is -0.00554. The van der Waals surface area contributed by atoms with E-state index < -0.39 is 6.10 Å². The quantitative estimate of drug-likeness (QED) is 0.339. The molecule has 2 aromatic carbocycles. The number of ketones is 1. The number of ether oxygens (including phenoxy) is 1. The molecule has 118 valence electrons.